The lowest BCUT2D eigenvalue weighted by Crippen LogP contribution is -2.34. The fourth-order valence-corrected chi connectivity index (χ4v) is 3.55. The predicted octanol–water partition coefficient (Wildman–Crippen LogP) is 5.30. The van der Waals surface area contributed by atoms with Crippen LogP contribution in [0.5, 0.6) is 0 Å². The molecule has 3 aromatic rings. The second-order valence-corrected chi connectivity index (χ2v) is 8.10. The van der Waals surface area contributed by atoms with Gasteiger partial charge >= 0.3 is 0 Å². The minimum Gasteiger partial charge on any atom is -0.327 e. The fourth-order valence-electron chi connectivity index (χ4n) is 3.55. The molecule has 0 heterocycles. The van der Waals surface area contributed by atoms with E-state index in [0.717, 1.165) is 16.6 Å². The summed E-state index contributed by atoms with van der Waals surface area (Å²) in [7, 11) is 6.59. The quantitative estimate of drug-likeness (QED) is 0.414. The molecule has 0 saturated carbocycles. The Bertz CT molecular complexity index is 879. The van der Waals surface area contributed by atoms with Crippen LogP contribution >= 0.6 is 0 Å². The summed E-state index contributed by atoms with van der Waals surface area (Å²) >= 11 is 0. The summed E-state index contributed by atoms with van der Waals surface area (Å²) in [5.74, 6) is 0.242. The number of ketones is 1. The number of carbonyl (C=O) groups is 1. The molecule has 1 atom stereocenters. The van der Waals surface area contributed by atoms with Gasteiger partial charge in [0.2, 0.25) is 0 Å². The zero-order chi connectivity index (χ0) is 19.3. The van der Waals surface area contributed by atoms with Crippen LogP contribution in [0.15, 0.2) is 84.9 Å². The van der Waals surface area contributed by atoms with Gasteiger partial charge in [0, 0.05) is 23.5 Å². The molecule has 0 spiro atoms. The number of benzene rings is 3. The number of hydrogen-bond donors (Lipinski definition) is 0. The third-order valence-electron chi connectivity index (χ3n) is 4.76. The number of quaternary nitrogens is 1. The standard InChI is InChI=1S/C25H28NO/c1-26(2,3)19-22-16-10-11-17-23(22)24(20-12-6-4-7-13-20)18-25(27)21-14-8-5-9-15-21/h4-17,24H,18-19H2,1-3H3/q+1. The van der Waals surface area contributed by atoms with Crippen LogP contribution in [0.2, 0.25) is 0 Å². The molecule has 1 unspecified atom stereocenters. The predicted molar refractivity (Wildman–Crippen MR) is 112 cm³/mol. The molecule has 0 amide bonds. The Hall–Kier alpha value is -2.71. The van der Waals surface area contributed by atoms with Gasteiger partial charge in [0.25, 0.3) is 0 Å². The van der Waals surface area contributed by atoms with Gasteiger partial charge in [0.15, 0.2) is 5.78 Å². The van der Waals surface area contributed by atoms with Gasteiger partial charge in [0.05, 0.1) is 21.1 Å². The van der Waals surface area contributed by atoms with Crippen LogP contribution in [-0.2, 0) is 6.54 Å². The smallest absolute Gasteiger partial charge is 0.163 e. The van der Waals surface area contributed by atoms with Crippen molar-refractivity contribution in [3.8, 4) is 0 Å². The highest BCUT2D eigenvalue weighted by Gasteiger charge is 2.23. The van der Waals surface area contributed by atoms with Gasteiger partial charge in [-0.3, -0.25) is 4.79 Å². The van der Waals surface area contributed by atoms with Gasteiger partial charge in [-0.2, -0.15) is 0 Å². The Morgan fingerprint density at radius 3 is 1.96 bits per heavy atom. The van der Waals surface area contributed by atoms with Gasteiger partial charge in [-0.1, -0.05) is 84.9 Å². The molecule has 138 valence electrons. The van der Waals surface area contributed by atoms with E-state index in [1.54, 1.807) is 0 Å². The molecule has 0 aliphatic rings. The second kappa shape index (κ2) is 8.32. The molecule has 27 heavy (non-hydrogen) atoms. The molecule has 0 radical (unpaired) electrons. The largest absolute Gasteiger partial charge is 0.327 e. The van der Waals surface area contributed by atoms with E-state index in [2.05, 4.69) is 69.7 Å². The first-order valence-corrected chi connectivity index (χ1v) is 9.45. The monoisotopic (exact) mass is 358 g/mol. The lowest BCUT2D eigenvalue weighted by molar-refractivity contribution is -0.884. The molecule has 0 aliphatic heterocycles. The van der Waals surface area contributed by atoms with Crippen molar-refractivity contribution in [1.29, 1.82) is 0 Å². The summed E-state index contributed by atoms with van der Waals surface area (Å²) in [6, 6.07) is 28.6. The summed E-state index contributed by atoms with van der Waals surface area (Å²) in [4.78, 5) is 13.0. The molecular formula is C25H28NO+. The summed E-state index contributed by atoms with van der Waals surface area (Å²) in [5, 5.41) is 0. The lowest BCUT2D eigenvalue weighted by Gasteiger charge is -2.27. The van der Waals surface area contributed by atoms with Crippen molar-refractivity contribution in [2.75, 3.05) is 21.1 Å². The molecule has 0 N–H and O–H groups in total. The van der Waals surface area contributed by atoms with Gasteiger partial charge in [-0.05, 0) is 11.1 Å². The first-order valence-electron chi connectivity index (χ1n) is 9.45. The number of hydrogen-bond acceptors (Lipinski definition) is 1. The van der Waals surface area contributed by atoms with Crippen LogP contribution in [-0.4, -0.2) is 31.4 Å². The molecule has 0 aliphatic carbocycles. The molecule has 3 rings (SSSR count). The van der Waals surface area contributed by atoms with Crippen molar-refractivity contribution in [2.45, 2.75) is 18.9 Å². The Kier molecular flexibility index (Phi) is 5.88. The minimum absolute atomic E-state index is 0.0571. The summed E-state index contributed by atoms with van der Waals surface area (Å²) in [6.45, 7) is 0.930. The van der Waals surface area contributed by atoms with Crippen molar-refractivity contribution >= 4 is 5.78 Å². The zero-order valence-corrected chi connectivity index (χ0v) is 16.4. The topological polar surface area (TPSA) is 17.1 Å². The van der Waals surface area contributed by atoms with E-state index in [-0.39, 0.29) is 11.7 Å². The first-order chi connectivity index (χ1) is 12.9. The Balaban J connectivity index is 2.00. The highest BCUT2D eigenvalue weighted by Crippen LogP contribution is 2.32. The van der Waals surface area contributed by atoms with Crippen molar-refractivity contribution < 1.29 is 9.28 Å². The minimum atomic E-state index is 0.0571. The number of nitrogens with zero attached hydrogens (tertiary/aromatic N) is 1. The van der Waals surface area contributed by atoms with Gasteiger partial charge < -0.3 is 4.48 Å². The molecule has 0 bridgehead atoms. The van der Waals surface area contributed by atoms with E-state index < -0.39 is 0 Å². The maximum absolute atomic E-state index is 13.0. The molecule has 3 aromatic carbocycles. The van der Waals surface area contributed by atoms with Gasteiger partial charge in [-0.15, -0.1) is 0 Å². The van der Waals surface area contributed by atoms with Gasteiger partial charge in [-0.25, -0.2) is 0 Å². The van der Waals surface area contributed by atoms with E-state index in [1.807, 2.05) is 36.4 Å². The molecule has 0 fully saturated rings. The summed E-state index contributed by atoms with van der Waals surface area (Å²) in [6.07, 6.45) is 0.474. The number of rotatable bonds is 7. The maximum Gasteiger partial charge on any atom is 0.163 e. The average molecular weight is 359 g/mol. The van der Waals surface area contributed by atoms with Crippen LogP contribution < -0.4 is 0 Å². The molecular weight excluding hydrogens is 330 g/mol. The van der Waals surface area contributed by atoms with Crippen molar-refractivity contribution in [3.63, 3.8) is 0 Å². The maximum atomic E-state index is 13.0. The normalized spacial score (nSPS) is 12.6. The van der Waals surface area contributed by atoms with Crippen molar-refractivity contribution in [1.82, 2.24) is 0 Å². The van der Waals surface area contributed by atoms with Crippen LogP contribution in [0.1, 0.15) is 39.4 Å². The highest BCUT2D eigenvalue weighted by atomic mass is 16.1. The zero-order valence-electron chi connectivity index (χ0n) is 16.4. The van der Waals surface area contributed by atoms with Crippen LogP contribution in [0.25, 0.3) is 0 Å². The second-order valence-electron chi connectivity index (χ2n) is 8.10. The van der Waals surface area contributed by atoms with E-state index in [1.165, 1.54) is 16.7 Å². The Morgan fingerprint density at radius 2 is 1.33 bits per heavy atom. The van der Waals surface area contributed by atoms with E-state index in [9.17, 15) is 4.79 Å². The number of Topliss-reactive ketones (excluding diaryl/α,β-unsaturated/α-hetero) is 1. The highest BCUT2D eigenvalue weighted by molar-refractivity contribution is 5.96. The van der Waals surface area contributed by atoms with Crippen LogP contribution in [0.4, 0.5) is 0 Å². The van der Waals surface area contributed by atoms with E-state index in [4.69, 9.17) is 0 Å². The molecule has 2 nitrogen and oxygen atoms in total. The Morgan fingerprint density at radius 1 is 0.778 bits per heavy atom. The van der Waals surface area contributed by atoms with Gasteiger partial charge in [0.1, 0.15) is 6.54 Å². The lowest BCUT2D eigenvalue weighted by atomic mass is 9.83. The molecule has 2 heteroatoms. The fraction of sp³-hybridized carbons (Fsp3) is 0.240. The van der Waals surface area contributed by atoms with Crippen LogP contribution in [0.3, 0.4) is 0 Å². The van der Waals surface area contributed by atoms with Crippen LogP contribution in [0, 0.1) is 0 Å². The molecule has 0 saturated heterocycles. The molecule has 0 aromatic heterocycles. The third-order valence-corrected chi connectivity index (χ3v) is 4.76. The van der Waals surface area contributed by atoms with E-state index >= 15 is 0 Å². The SMILES string of the molecule is C[N+](C)(C)Cc1ccccc1C(CC(=O)c1ccccc1)c1ccccc1. The average Bonchev–Trinajstić information content (AvgIpc) is 2.67. The van der Waals surface area contributed by atoms with E-state index in [0.29, 0.717) is 6.42 Å². The summed E-state index contributed by atoms with van der Waals surface area (Å²) in [5.41, 5.74) is 4.53. The number of carbonyl (C=O) groups excluding carboxylic acids is 1. The third kappa shape index (κ3) is 5.15. The Labute approximate surface area is 162 Å². The van der Waals surface area contributed by atoms with Crippen molar-refractivity contribution in [3.05, 3.63) is 107 Å². The van der Waals surface area contributed by atoms with Crippen molar-refractivity contribution in [2.24, 2.45) is 0 Å². The summed E-state index contributed by atoms with van der Waals surface area (Å²) < 4.78 is 0.852. The first kappa shape index (κ1) is 19.1.